The lowest BCUT2D eigenvalue weighted by Gasteiger charge is -2.14. The first-order valence-electron chi connectivity index (χ1n) is 5.99. The van der Waals surface area contributed by atoms with Gasteiger partial charge < -0.3 is 15.2 Å². The Morgan fingerprint density at radius 2 is 2.06 bits per heavy atom. The summed E-state index contributed by atoms with van der Waals surface area (Å²) in [5, 5.41) is 0. The highest BCUT2D eigenvalue weighted by molar-refractivity contribution is 5.41. The molecule has 2 N–H and O–H groups in total. The molecule has 0 aliphatic rings. The maximum atomic E-state index is 12.3. The van der Waals surface area contributed by atoms with Gasteiger partial charge in [-0.25, -0.2) is 0 Å². The number of nitrogens with two attached hydrogens (primary N) is 1. The SMILES string of the molecule is CCCOc1ccc(CC(C)N)c(OC(F)F)c1. The minimum Gasteiger partial charge on any atom is -0.493 e. The second-order valence-corrected chi connectivity index (χ2v) is 4.18. The van der Waals surface area contributed by atoms with Crippen molar-refractivity contribution in [3.8, 4) is 11.5 Å². The molecule has 1 atom stereocenters. The van der Waals surface area contributed by atoms with Crippen LogP contribution in [0.1, 0.15) is 25.8 Å². The van der Waals surface area contributed by atoms with Crippen LogP contribution in [0.2, 0.25) is 0 Å². The predicted octanol–water partition coefficient (Wildman–Crippen LogP) is 2.97. The van der Waals surface area contributed by atoms with Gasteiger partial charge in [0.15, 0.2) is 0 Å². The molecule has 1 aromatic carbocycles. The Kier molecular flexibility index (Phi) is 5.85. The lowest BCUT2D eigenvalue weighted by atomic mass is 10.1. The van der Waals surface area contributed by atoms with Crippen LogP contribution >= 0.6 is 0 Å². The average molecular weight is 259 g/mol. The summed E-state index contributed by atoms with van der Waals surface area (Å²) in [5.74, 6) is 0.664. The Morgan fingerprint density at radius 3 is 2.61 bits per heavy atom. The molecule has 18 heavy (non-hydrogen) atoms. The summed E-state index contributed by atoms with van der Waals surface area (Å²) in [6, 6.07) is 4.82. The molecule has 0 aliphatic heterocycles. The molecular formula is C13H19F2NO2. The maximum absolute atomic E-state index is 12.3. The summed E-state index contributed by atoms with van der Waals surface area (Å²) in [4.78, 5) is 0. The van der Waals surface area contributed by atoms with E-state index in [0.29, 0.717) is 24.3 Å². The lowest BCUT2D eigenvalue weighted by molar-refractivity contribution is -0.0505. The van der Waals surface area contributed by atoms with E-state index >= 15 is 0 Å². The third kappa shape index (κ3) is 4.87. The van der Waals surface area contributed by atoms with E-state index < -0.39 is 6.61 Å². The van der Waals surface area contributed by atoms with Crippen molar-refractivity contribution in [3.63, 3.8) is 0 Å². The highest BCUT2D eigenvalue weighted by Crippen LogP contribution is 2.27. The molecular weight excluding hydrogens is 240 g/mol. The first-order chi connectivity index (χ1) is 8.52. The monoisotopic (exact) mass is 259 g/mol. The summed E-state index contributed by atoms with van der Waals surface area (Å²) >= 11 is 0. The summed E-state index contributed by atoms with van der Waals surface area (Å²) in [6.07, 6.45) is 1.34. The first-order valence-corrected chi connectivity index (χ1v) is 5.99. The van der Waals surface area contributed by atoms with Gasteiger partial charge in [-0.1, -0.05) is 13.0 Å². The second-order valence-electron chi connectivity index (χ2n) is 4.18. The fourth-order valence-electron chi connectivity index (χ4n) is 1.57. The number of alkyl halides is 2. The Morgan fingerprint density at radius 1 is 1.33 bits per heavy atom. The molecule has 1 aromatic rings. The van der Waals surface area contributed by atoms with Crippen LogP contribution in [0.15, 0.2) is 18.2 Å². The molecule has 0 spiro atoms. The Balaban J connectivity index is 2.88. The predicted molar refractivity (Wildman–Crippen MR) is 66.2 cm³/mol. The summed E-state index contributed by atoms with van der Waals surface area (Å²) in [6.45, 7) is 1.48. The van der Waals surface area contributed by atoms with E-state index in [1.807, 2.05) is 13.8 Å². The minimum absolute atomic E-state index is 0.118. The molecule has 0 bridgehead atoms. The van der Waals surface area contributed by atoms with Crippen molar-refractivity contribution < 1.29 is 18.3 Å². The number of hydrogen-bond donors (Lipinski definition) is 1. The van der Waals surface area contributed by atoms with Crippen molar-refractivity contribution in [3.05, 3.63) is 23.8 Å². The quantitative estimate of drug-likeness (QED) is 0.818. The molecule has 0 fully saturated rings. The zero-order chi connectivity index (χ0) is 13.5. The van der Waals surface area contributed by atoms with E-state index in [2.05, 4.69) is 4.74 Å². The van der Waals surface area contributed by atoms with Gasteiger partial charge in [-0.2, -0.15) is 8.78 Å². The molecule has 102 valence electrons. The molecule has 1 unspecified atom stereocenters. The Bertz CT molecular complexity index is 370. The van der Waals surface area contributed by atoms with Crippen LogP contribution in [0, 0.1) is 0 Å². The fourth-order valence-corrected chi connectivity index (χ4v) is 1.57. The average Bonchev–Trinajstić information content (AvgIpc) is 2.28. The molecule has 1 rings (SSSR count). The molecule has 0 aliphatic carbocycles. The molecule has 0 aromatic heterocycles. The lowest BCUT2D eigenvalue weighted by Crippen LogP contribution is -2.18. The van der Waals surface area contributed by atoms with Crippen molar-refractivity contribution in [2.24, 2.45) is 5.73 Å². The highest BCUT2D eigenvalue weighted by atomic mass is 19.3. The highest BCUT2D eigenvalue weighted by Gasteiger charge is 2.12. The topological polar surface area (TPSA) is 44.5 Å². The van der Waals surface area contributed by atoms with Crippen molar-refractivity contribution >= 4 is 0 Å². The molecule has 0 saturated heterocycles. The van der Waals surface area contributed by atoms with Gasteiger partial charge in [-0.3, -0.25) is 0 Å². The number of ether oxygens (including phenoxy) is 2. The van der Waals surface area contributed by atoms with Gasteiger partial charge in [0.05, 0.1) is 6.61 Å². The van der Waals surface area contributed by atoms with Crippen molar-refractivity contribution in [2.45, 2.75) is 39.3 Å². The van der Waals surface area contributed by atoms with E-state index in [1.54, 1.807) is 12.1 Å². The van der Waals surface area contributed by atoms with E-state index in [4.69, 9.17) is 10.5 Å². The van der Waals surface area contributed by atoms with E-state index in [1.165, 1.54) is 6.07 Å². The van der Waals surface area contributed by atoms with E-state index in [-0.39, 0.29) is 11.8 Å². The summed E-state index contributed by atoms with van der Waals surface area (Å²) < 4.78 is 34.5. The largest absolute Gasteiger partial charge is 0.493 e. The van der Waals surface area contributed by atoms with Crippen molar-refractivity contribution in [2.75, 3.05) is 6.61 Å². The van der Waals surface area contributed by atoms with Crippen molar-refractivity contribution in [1.29, 1.82) is 0 Å². The molecule has 0 heterocycles. The van der Waals surface area contributed by atoms with Gasteiger partial charge in [0.1, 0.15) is 11.5 Å². The zero-order valence-corrected chi connectivity index (χ0v) is 10.7. The van der Waals surface area contributed by atoms with E-state index in [0.717, 1.165) is 6.42 Å². The minimum atomic E-state index is -2.85. The maximum Gasteiger partial charge on any atom is 0.387 e. The normalized spacial score (nSPS) is 12.6. The Hall–Kier alpha value is -1.36. The third-order valence-corrected chi connectivity index (χ3v) is 2.27. The van der Waals surface area contributed by atoms with E-state index in [9.17, 15) is 8.78 Å². The van der Waals surface area contributed by atoms with Gasteiger partial charge >= 0.3 is 6.61 Å². The molecule has 0 saturated carbocycles. The second kappa shape index (κ2) is 7.16. The van der Waals surface area contributed by atoms with Crippen LogP contribution in [-0.4, -0.2) is 19.3 Å². The van der Waals surface area contributed by atoms with Gasteiger partial charge in [0.2, 0.25) is 0 Å². The molecule has 0 radical (unpaired) electrons. The van der Waals surface area contributed by atoms with Crippen LogP contribution in [0.25, 0.3) is 0 Å². The summed E-state index contributed by atoms with van der Waals surface area (Å²) in [7, 11) is 0. The third-order valence-electron chi connectivity index (χ3n) is 2.27. The van der Waals surface area contributed by atoms with Crippen LogP contribution in [0.5, 0.6) is 11.5 Å². The van der Waals surface area contributed by atoms with Gasteiger partial charge in [-0.15, -0.1) is 0 Å². The fraction of sp³-hybridized carbons (Fsp3) is 0.538. The molecule has 3 nitrogen and oxygen atoms in total. The van der Waals surface area contributed by atoms with Crippen molar-refractivity contribution in [1.82, 2.24) is 0 Å². The standard InChI is InChI=1S/C13H19F2NO2/c1-3-6-17-11-5-4-10(7-9(2)16)12(8-11)18-13(14)15/h4-5,8-9,13H,3,6-7,16H2,1-2H3. The number of rotatable bonds is 7. The van der Waals surface area contributed by atoms with Gasteiger partial charge in [0, 0.05) is 12.1 Å². The van der Waals surface area contributed by atoms with Crippen LogP contribution in [0.3, 0.4) is 0 Å². The van der Waals surface area contributed by atoms with Gasteiger partial charge in [0.25, 0.3) is 0 Å². The number of benzene rings is 1. The van der Waals surface area contributed by atoms with Crippen LogP contribution in [-0.2, 0) is 6.42 Å². The smallest absolute Gasteiger partial charge is 0.387 e. The van der Waals surface area contributed by atoms with Crippen LogP contribution in [0.4, 0.5) is 8.78 Å². The molecule has 0 amide bonds. The number of halogens is 2. The summed E-state index contributed by atoms with van der Waals surface area (Å²) in [5.41, 5.74) is 6.33. The van der Waals surface area contributed by atoms with Gasteiger partial charge in [-0.05, 0) is 31.4 Å². The number of hydrogen-bond acceptors (Lipinski definition) is 3. The Labute approximate surface area is 106 Å². The molecule has 5 heteroatoms. The van der Waals surface area contributed by atoms with Crippen LogP contribution < -0.4 is 15.2 Å². The first kappa shape index (κ1) is 14.7. The zero-order valence-electron chi connectivity index (χ0n) is 10.7.